The van der Waals surface area contributed by atoms with E-state index in [9.17, 15) is 4.39 Å². The molecule has 0 heterocycles. The van der Waals surface area contributed by atoms with Crippen LogP contribution in [0.1, 0.15) is 0 Å². The summed E-state index contributed by atoms with van der Waals surface area (Å²) in [6.45, 7) is 0.0629. The molecule has 0 saturated heterocycles. The zero-order valence-electron chi connectivity index (χ0n) is 8.87. The van der Waals surface area contributed by atoms with Gasteiger partial charge in [0.15, 0.2) is 18.3 Å². The highest BCUT2D eigenvalue weighted by atomic mass is 32.2. The molecule has 0 spiro atoms. The fraction of sp³-hybridized carbons (Fsp3) is 0.400. The first-order chi connectivity index (χ1) is 7.24. The molecular weight excluding hydrogens is 219 g/mol. The van der Waals surface area contributed by atoms with E-state index in [1.807, 2.05) is 0 Å². The average Bonchev–Trinajstić information content (AvgIpc) is 2.26. The molecule has 0 bridgehead atoms. The summed E-state index contributed by atoms with van der Waals surface area (Å²) in [5, 5.41) is 0. The van der Waals surface area contributed by atoms with Crippen LogP contribution in [0.5, 0.6) is 11.5 Å². The SMILES string of the molecule is COCOc1c(OC)ccc(F)c1SC. The monoisotopic (exact) mass is 232 g/mol. The van der Waals surface area contributed by atoms with Crippen molar-refractivity contribution in [2.45, 2.75) is 4.90 Å². The lowest BCUT2D eigenvalue weighted by atomic mass is 10.3. The topological polar surface area (TPSA) is 27.7 Å². The number of hydrogen-bond acceptors (Lipinski definition) is 4. The van der Waals surface area contributed by atoms with Crippen LogP contribution in [0.4, 0.5) is 4.39 Å². The Hall–Kier alpha value is -0.940. The van der Waals surface area contributed by atoms with Gasteiger partial charge in [-0.2, -0.15) is 0 Å². The molecule has 0 amide bonds. The Labute approximate surface area is 92.5 Å². The second-order valence-electron chi connectivity index (χ2n) is 2.66. The van der Waals surface area contributed by atoms with Gasteiger partial charge in [-0.05, 0) is 18.4 Å². The van der Waals surface area contributed by atoms with Crippen molar-refractivity contribution in [2.75, 3.05) is 27.3 Å². The van der Waals surface area contributed by atoms with Crippen molar-refractivity contribution < 1.29 is 18.6 Å². The van der Waals surface area contributed by atoms with Crippen LogP contribution in [0.2, 0.25) is 0 Å². The van der Waals surface area contributed by atoms with E-state index in [1.54, 1.807) is 6.26 Å². The Morgan fingerprint density at radius 2 is 2.07 bits per heavy atom. The molecule has 0 aliphatic rings. The first kappa shape index (κ1) is 12.1. The van der Waals surface area contributed by atoms with E-state index in [0.717, 1.165) is 0 Å². The molecule has 1 rings (SSSR count). The quantitative estimate of drug-likeness (QED) is 0.576. The van der Waals surface area contributed by atoms with E-state index >= 15 is 0 Å². The second-order valence-corrected chi connectivity index (χ2v) is 3.48. The molecule has 0 aliphatic carbocycles. The van der Waals surface area contributed by atoms with E-state index in [0.29, 0.717) is 16.4 Å². The summed E-state index contributed by atoms with van der Waals surface area (Å²) in [5.74, 6) is 0.555. The number of halogens is 1. The Balaban J connectivity index is 3.09. The largest absolute Gasteiger partial charge is 0.493 e. The van der Waals surface area contributed by atoms with Gasteiger partial charge in [-0.25, -0.2) is 4.39 Å². The van der Waals surface area contributed by atoms with Gasteiger partial charge in [-0.3, -0.25) is 0 Å². The van der Waals surface area contributed by atoms with Crippen molar-refractivity contribution >= 4 is 11.8 Å². The van der Waals surface area contributed by atoms with Crippen molar-refractivity contribution in [1.82, 2.24) is 0 Å². The molecule has 1 aromatic carbocycles. The smallest absolute Gasteiger partial charge is 0.188 e. The average molecular weight is 232 g/mol. The van der Waals surface area contributed by atoms with Gasteiger partial charge in [0, 0.05) is 7.11 Å². The van der Waals surface area contributed by atoms with Gasteiger partial charge in [-0.15, -0.1) is 11.8 Å². The third-order valence-electron chi connectivity index (χ3n) is 1.77. The predicted molar refractivity (Wildman–Crippen MR) is 57.2 cm³/mol. The molecular formula is C10H13FO3S. The van der Waals surface area contributed by atoms with E-state index < -0.39 is 0 Å². The second kappa shape index (κ2) is 5.82. The van der Waals surface area contributed by atoms with Gasteiger partial charge in [-0.1, -0.05) is 0 Å². The van der Waals surface area contributed by atoms with Gasteiger partial charge in [0.05, 0.1) is 12.0 Å². The number of thioether (sulfide) groups is 1. The van der Waals surface area contributed by atoms with Crippen LogP contribution in [0.15, 0.2) is 17.0 Å². The van der Waals surface area contributed by atoms with Crippen molar-refractivity contribution in [1.29, 1.82) is 0 Å². The summed E-state index contributed by atoms with van der Waals surface area (Å²) in [6.07, 6.45) is 1.78. The highest BCUT2D eigenvalue weighted by molar-refractivity contribution is 7.98. The zero-order chi connectivity index (χ0) is 11.3. The molecule has 1 aromatic rings. The number of methoxy groups -OCH3 is 2. The first-order valence-electron chi connectivity index (χ1n) is 4.26. The summed E-state index contributed by atoms with van der Waals surface area (Å²) in [4.78, 5) is 0.423. The molecule has 84 valence electrons. The number of hydrogen-bond donors (Lipinski definition) is 0. The highest BCUT2D eigenvalue weighted by Crippen LogP contribution is 2.38. The summed E-state index contributed by atoms with van der Waals surface area (Å²) < 4.78 is 28.5. The molecule has 0 aliphatic heterocycles. The lowest BCUT2D eigenvalue weighted by Crippen LogP contribution is -2.03. The normalized spacial score (nSPS) is 10.1. The van der Waals surface area contributed by atoms with Gasteiger partial charge < -0.3 is 14.2 Å². The minimum absolute atomic E-state index is 0.0629. The molecule has 5 heteroatoms. The van der Waals surface area contributed by atoms with Crippen molar-refractivity contribution in [3.8, 4) is 11.5 Å². The molecule has 0 atom stereocenters. The lowest BCUT2D eigenvalue weighted by molar-refractivity contribution is 0.0466. The zero-order valence-corrected chi connectivity index (χ0v) is 9.69. The van der Waals surface area contributed by atoms with Crippen LogP contribution in [0, 0.1) is 5.82 Å². The number of rotatable bonds is 5. The first-order valence-corrected chi connectivity index (χ1v) is 5.49. The van der Waals surface area contributed by atoms with Crippen LogP contribution in [0.3, 0.4) is 0 Å². The van der Waals surface area contributed by atoms with Gasteiger partial charge >= 0.3 is 0 Å². The fourth-order valence-corrected chi connectivity index (χ4v) is 1.73. The van der Waals surface area contributed by atoms with Crippen LogP contribution < -0.4 is 9.47 Å². The maximum atomic E-state index is 13.4. The minimum Gasteiger partial charge on any atom is -0.493 e. The minimum atomic E-state index is -0.325. The van der Waals surface area contributed by atoms with Crippen LogP contribution in [-0.4, -0.2) is 27.3 Å². The van der Waals surface area contributed by atoms with E-state index in [-0.39, 0.29) is 12.6 Å². The van der Waals surface area contributed by atoms with Crippen molar-refractivity contribution in [2.24, 2.45) is 0 Å². The lowest BCUT2D eigenvalue weighted by Gasteiger charge is -2.13. The maximum absolute atomic E-state index is 13.4. The standard InChI is InChI=1S/C10H13FO3S/c1-12-6-14-9-8(13-2)5-4-7(11)10(9)15-3/h4-5H,6H2,1-3H3. The summed E-state index contributed by atoms with van der Waals surface area (Å²) in [6, 6.07) is 2.88. The van der Waals surface area contributed by atoms with Crippen molar-refractivity contribution in [3.05, 3.63) is 17.9 Å². The Kier molecular flexibility index (Phi) is 4.71. The Bertz CT molecular complexity index is 331. The van der Waals surface area contributed by atoms with Gasteiger partial charge in [0.25, 0.3) is 0 Å². The van der Waals surface area contributed by atoms with Crippen molar-refractivity contribution in [3.63, 3.8) is 0 Å². The molecule has 0 radical (unpaired) electrons. The van der Waals surface area contributed by atoms with Crippen LogP contribution in [0.25, 0.3) is 0 Å². The molecule has 0 fully saturated rings. The fourth-order valence-electron chi connectivity index (χ4n) is 1.13. The number of ether oxygens (including phenoxy) is 3. The molecule has 3 nitrogen and oxygen atoms in total. The Morgan fingerprint density at radius 3 is 2.60 bits per heavy atom. The van der Waals surface area contributed by atoms with Gasteiger partial charge in [0.1, 0.15) is 5.82 Å². The predicted octanol–water partition coefficient (Wildman–Crippen LogP) is 2.54. The molecule has 0 unspecified atom stereocenters. The van der Waals surface area contributed by atoms with E-state index in [1.165, 1.54) is 38.1 Å². The van der Waals surface area contributed by atoms with Crippen LogP contribution >= 0.6 is 11.8 Å². The van der Waals surface area contributed by atoms with E-state index in [2.05, 4.69) is 0 Å². The number of benzene rings is 1. The maximum Gasteiger partial charge on any atom is 0.188 e. The van der Waals surface area contributed by atoms with Crippen LogP contribution in [-0.2, 0) is 4.74 Å². The highest BCUT2D eigenvalue weighted by Gasteiger charge is 2.14. The molecule has 0 N–H and O–H groups in total. The summed E-state index contributed by atoms with van der Waals surface area (Å²) >= 11 is 1.27. The Morgan fingerprint density at radius 1 is 1.33 bits per heavy atom. The van der Waals surface area contributed by atoms with E-state index in [4.69, 9.17) is 14.2 Å². The third-order valence-corrected chi connectivity index (χ3v) is 2.56. The third kappa shape index (κ3) is 2.76. The molecule has 0 aromatic heterocycles. The summed E-state index contributed by atoms with van der Waals surface area (Å²) in [7, 11) is 3.02. The van der Waals surface area contributed by atoms with Gasteiger partial charge in [0.2, 0.25) is 0 Å². The summed E-state index contributed by atoms with van der Waals surface area (Å²) in [5.41, 5.74) is 0. The molecule has 0 saturated carbocycles. The molecule has 15 heavy (non-hydrogen) atoms.